The summed E-state index contributed by atoms with van der Waals surface area (Å²) >= 11 is 0. The molecule has 2 aromatic rings. The number of hydrogen-bond acceptors (Lipinski definition) is 5. The number of pyridine rings is 1. The minimum absolute atomic E-state index is 0.217. The maximum Gasteiger partial charge on any atom is 0.407 e. The number of carbonyl (C=O) groups is 2. The van der Waals surface area contributed by atoms with Crippen molar-refractivity contribution in [2.45, 2.75) is 18.9 Å². The van der Waals surface area contributed by atoms with E-state index >= 15 is 0 Å². The normalized spacial score (nSPS) is 17.5. The molecule has 3 rings (SSSR count). The molecule has 0 bridgehead atoms. The molecule has 1 atom stereocenters. The number of methoxy groups -OCH3 is 1. The maximum atomic E-state index is 12.1. The SMILES string of the molecule is COc1n[nH]c2cc(NC(=O)N[C@@H]3CCCN(C(=O)O)C3)ncc12. The zero-order valence-corrected chi connectivity index (χ0v) is 13.1. The first-order valence-electron chi connectivity index (χ1n) is 7.50. The Morgan fingerprint density at radius 3 is 3.08 bits per heavy atom. The van der Waals surface area contributed by atoms with Crippen LogP contribution in [0.1, 0.15) is 12.8 Å². The van der Waals surface area contributed by atoms with E-state index in [4.69, 9.17) is 9.84 Å². The van der Waals surface area contributed by atoms with E-state index in [0.717, 1.165) is 12.8 Å². The molecule has 1 aliphatic rings. The fourth-order valence-corrected chi connectivity index (χ4v) is 2.72. The van der Waals surface area contributed by atoms with E-state index in [9.17, 15) is 9.59 Å². The number of urea groups is 1. The molecule has 2 aromatic heterocycles. The topological polar surface area (TPSA) is 132 Å². The number of fused-ring (bicyclic) bond motifs is 1. The second-order valence-electron chi connectivity index (χ2n) is 5.51. The summed E-state index contributed by atoms with van der Waals surface area (Å²) in [5.41, 5.74) is 0.687. The van der Waals surface area contributed by atoms with Crippen molar-refractivity contribution in [3.63, 3.8) is 0 Å². The molecule has 0 saturated carbocycles. The predicted octanol–water partition coefficient (Wildman–Crippen LogP) is 1.23. The third kappa shape index (κ3) is 3.31. The lowest BCUT2D eigenvalue weighted by Crippen LogP contribution is -2.50. The van der Waals surface area contributed by atoms with Crippen LogP contribution in [0.4, 0.5) is 15.4 Å². The van der Waals surface area contributed by atoms with E-state index in [1.165, 1.54) is 12.0 Å². The lowest BCUT2D eigenvalue weighted by atomic mass is 10.1. The summed E-state index contributed by atoms with van der Waals surface area (Å²) in [5.74, 6) is 0.793. The Morgan fingerprint density at radius 2 is 2.33 bits per heavy atom. The number of H-pyrrole nitrogens is 1. The summed E-state index contributed by atoms with van der Waals surface area (Å²) in [6.45, 7) is 0.780. The van der Waals surface area contributed by atoms with Gasteiger partial charge in [-0.25, -0.2) is 14.6 Å². The molecule has 0 spiro atoms. The molecule has 0 aromatic carbocycles. The first-order chi connectivity index (χ1) is 11.6. The van der Waals surface area contributed by atoms with Crippen molar-refractivity contribution in [2.24, 2.45) is 0 Å². The highest BCUT2D eigenvalue weighted by Gasteiger charge is 2.24. The van der Waals surface area contributed by atoms with Gasteiger partial charge in [-0.3, -0.25) is 10.4 Å². The Morgan fingerprint density at radius 1 is 1.50 bits per heavy atom. The van der Waals surface area contributed by atoms with Crippen LogP contribution in [0.15, 0.2) is 12.3 Å². The van der Waals surface area contributed by atoms with Crippen molar-refractivity contribution in [3.8, 4) is 5.88 Å². The van der Waals surface area contributed by atoms with Crippen LogP contribution in [0.3, 0.4) is 0 Å². The molecule has 4 N–H and O–H groups in total. The van der Waals surface area contributed by atoms with Gasteiger partial charge in [-0.15, -0.1) is 5.10 Å². The van der Waals surface area contributed by atoms with Crippen LogP contribution in [0.5, 0.6) is 5.88 Å². The molecular formula is C14H18N6O4. The Balaban J connectivity index is 1.61. The number of likely N-dealkylation sites (tertiary alicyclic amines) is 1. The fourth-order valence-electron chi connectivity index (χ4n) is 2.72. The van der Waals surface area contributed by atoms with Gasteiger partial charge in [0.2, 0.25) is 5.88 Å². The third-order valence-electron chi connectivity index (χ3n) is 3.87. The van der Waals surface area contributed by atoms with Gasteiger partial charge in [-0.1, -0.05) is 0 Å². The summed E-state index contributed by atoms with van der Waals surface area (Å²) < 4.78 is 5.08. The molecule has 1 saturated heterocycles. The van der Waals surface area contributed by atoms with Crippen molar-refractivity contribution in [1.29, 1.82) is 0 Å². The zero-order valence-electron chi connectivity index (χ0n) is 13.1. The van der Waals surface area contributed by atoms with Crippen LogP contribution < -0.4 is 15.4 Å². The molecule has 10 heteroatoms. The molecule has 128 valence electrons. The number of anilines is 1. The largest absolute Gasteiger partial charge is 0.479 e. The van der Waals surface area contributed by atoms with Crippen molar-refractivity contribution in [1.82, 2.24) is 25.4 Å². The summed E-state index contributed by atoms with van der Waals surface area (Å²) in [6.07, 6.45) is 2.04. The van der Waals surface area contributed by atoms with Crippen LogP contribution in [0.2, 0.25) is 0 Å². The Bertz CT molecular complexity index is 761. The number of aromatic amines is 1. The Labute approximate surface area is 137 Å². The number of nitrogens with zero attached hydrogens (tertiary/aromatic N) is 3. The zero-order chi connectivity index (χ0) is 17.1. The van der Waals surface area contributed by atoms with Gasteiger partial charge in [-0.2, -0.15) is 0 Å². The monoisotopic (exact) mass is 334 g/mol. The number of piperidine rings is 1. The van der Waals surface area contributed by atoms with E-state index in [-0.39, 0.29) is 12.6 Å². The van der Waals surface area contributed by atoms with Crippen LogP contribution >= 0.6 is 0 Å². The number of hydrogen-bond donors (Lipinski definition) is 4. The lowest BCUT2D eigenvalue weighted by Gasteiger charge is -2.31. The number of rotatable bonds is 3. The highest BCUT2D eigenvalue weighted by atomic mass is 16.5. The second kappa shape index (κ2) is 6.60. The highest BCUT2D eigenvalue weighted by Crippen LogP contribution is 2.22. The van der Waals surface area contributed by atoms with E-state index in [1.807, 2.05) is 0 Å². The van der Waals surface area contributed by atoms with Gasteiger partial charge >= 0.3 is 12.1 Å². The number of amides is 3. The van der Waals surface area contributed by atoms with Crippen LogP contribution in [-0.4, -0.2) is 63.6 Å². The first-order valence-corrected chi connectivity index (χ1v) is 7.50. The molecule has 0 aliphatic carbocycles. The van der Waals surface area contributed by atoms with Crippen molar-refractivity contribution in [3.05, 3.63) is 12.3 Å². The van der Waals surface area contributed by atoms with Gasteiger partial charge in [0.15, 0.2) is 0 Å². The average molecular weight is 334 g/mol. The van der Waals surface area contributed by atoms with E-state index in [0.29, 0.717) is 29.1 Å². The number of ether oxygens (including phenoxy) is 1. The molecule has 1 fully saturated rings. The molecule has 3 amide bonds. The summed E-state index contributed by atoms with van der Waals surface area (Å²) in [6, 6.07) is 1.01. The molecular weight excluding hydrogens is 316 g/mol. The molecule has 0 radical (unpaired) electrons. The maximum absolute atomic E-state index is 12.1. The van der Waals surface area contributed by atoms with Gasteiger partial charge in [0.05, 0.1) is 18.0 Å². The molecule has 1 aliphatic heterocycles. The van der Waals surface area contributed by atoms with Crippen molar-refractivity contribution >= 4 is 28.8 Å². The minimum atomic E-state index is -0.970. The highest BCUT2D eigenvalue weighted by molar-refractivity contribution is 5.92. The molecule has 3 heterocycles. The quantitative estimate of drug-likeness (QED) is 0.667. The molecule has 10 nitrogen and oxygen atoms in total. The third-order valence-corrected chi connectivity index (χ3v) is 3.87. The number of nitrogens with one attached hydrogen (secondary N) is 3. The second-order valence-corrected chi connectivity index (χ2v) is 5.51. The van der Waals surface area contributed by atoms with Gasteiger partial charge in [0.25, 0.3) is 0 Å². The predicted molar refractivity (Wildman–Crippen MR) is 85.2 cm³/mol. The van der Waals surface area contributed by atoms with Crippen LogP contribution in [0, 0.1) is 0 Å². The number of carboxylic acid groups (broad SMARTS) is 1. The van der Waals surface area contributed by atoms with Gasteiger partial charge in [0, 0.05) is 31.4 Å². The standard InChI is InChI=1S/C14H18N6O4/c1-24-12-9-6-15-11(5-10(9)18-19-12)17-13(21)16-8-3-2-4-20(7-8)14(22)23/h5-6,8H,2-4,7H2,1H3,(H,18,19)(H,22,23)(H2,15,16,17,21)/t8-/m1/s1. The smallest absolute Gasteiger partial charge is 0.407 e. The lowest BCUT2D eigenvalue weighted by molar-refractivity contribution is 0.127. The fraction of sp³-hybridized carbons (Fsp3) is 0.429. The van der Waals surface area contributed by atoms with Crippen LogP contribution in [-0.2, 0) is 0 Å². The van der Waals surface area contributed by atoms with Crippen molar-refractivity contribution < 1.29 is 19.4 Å². The van der Waals surface area contributed by atoms with E-state index in [1.54, 1.807) is 12.3 Å². The summed E-state index contributed by atoms with van der Waals surface area (Å²) in [4.78, 5) is 28.5. The Hall–Kier alpha value is -3.04. The summed E-state index contributed by atoms with van der Waals surface area (Å²) in [7, 11) is 1.51. The van der Waals surface area contributed by atoms with E-state index in [2.05, 4.69) is 25.8 Å². The number of aromatic nitrogens is 3. The minimum Gasteiger partial charge on any atom is -0.479 e. The summed E-state index contributed by atoms with van der Waals surface area (Å²) in [5, 5.41) is 21.9. The van der Waals surface area contributed by atoms with Gasteiger partial charge in [-0.05, 0) is 12.8 Å². The van der Waals surface area contributed by atoms with Gasteiger partial charge in [0.1, 0.15) is 5.82 Å². The molecule has 0 unspecified atom stereocenters. The first kappa shape index (κ1) is 15.8. The molecule has 24 heavy (non-hydrogen) atoms. The van der Waals surface area contributed by atoms with Gasteiger partial charge < -0.3 is 20.1 Å². The van der Waals surface area contributed by atoms with E-state index < -0.39 is 12.1 Å². The van der Waals surface area contributed by atoms with Crippen molar-refractivity contribution in [2.75, 3.05) is 25.5 Å². The van der Waals surface area contributed by atoms with Crippen LogP contribution in [0.25, 0.3) is 10.9 Å². The number of carbonyl (C=O) groups excluding carboxylic acids is 1. The Kier molecular flexibility index (Phi) is 4.36. The average Bonchev–Trinajstić information content (AvgIpc) is 2.97.